The van der Waals surface area contributed by atoms with Crippen LogP contribution in [0.4, 0.5) is 5.82 Å². The van der Waals surface area contributed by atoms with E-state index in [1.807, 2.05) is 11.6 Å². The van der Waals surface area contributed by atoms with Crippen LogP contribution in [0.2, 0.25) is 0 Å². The number of pyridine rings is 1. The van der Waals surface area contributed by atoms with E-state index in [2.05, 4.69) is 68.1 Å². The fourth-order valence-electron chi connectivity index (χ4n) is 4.45. The van der Waals surface area contributed by atoms with Crippen molar-refractivity contribution in [3.63, 3.8) is 0 Å². The van der Waals surface area contributed by atoms with Crippen LogP contribution in [0.25, 0.3) is 11.2 Å². The number of anilines is 1. The van der Waals surface area contributed by atoms with Crippen LogP contribution in [-0.4, -0.2) is 26.7 Å². The second-order valence-corrected chi connectivity index (χ2v) is 9.53. The molecule has 1 saturated heterocycles. The van der Waals surface area contributed by atoms with Gasteiger partial charge >= 0.3 is 5.69 Å². The Morgan fingerprint density at radius 2 is 1.83 bits per heavy atom. The van der Waals surface area contributed by atoms with Crippen molar-refractivity contribution in [1.29, 1.82) is 0 Å². The summed E-state index contributed by atoms with van der Waals surface area (Å²) in [5, 5.41) is 0. The molecule has 1 unspecified atom stereocenters. The van der Waals surface area contributed by atoms with Crippen molar-refractivity contribution in [2.24, 2.45) is 12.5 Å². The van der Waals surface area contributed by atoms with Crippen LogP contribution in [-0.2, 0) is 20.0 Å². The highest BCUT2D eigenvalue weighted by atomic mass is 16.1. The van der Waals surface area contributed by atoms with Crippen LogP contribution in [0.1, 0.15) is 45.6 Å². The first-order valence-corrected chi connectivity index (χ1v) is 10.7. The molecule has 1 aliphatic heterocycles. The summed E-state index contributed by atoms with van der Waals surface area (Å²) in [5.41, 5.74) is 3.12. The van der Waals surface area contributed by atoms with E-state index in [0.29, 0.717) is 12.6 Å². The zero-order valence-electron chi connectivity index (χ0n) is 18.1. The third-order valence-corrected chi connectivity index (χ3v) is 5.83. The number of hydrogen-bond acceptors (Lipinski definition) is 3. The molecule has 1 fully saturated rings. The van der Waals surface area contributed by atoms with Crippen molar-refractivity contribution < 1.29 is 0 Å². The highest BCUT2D eigenvalue weighted by Gasteiger charge is 2.25. The van der Waals surface area contributed by atoms with E-state index in [1.165, 1.54) is 24.8 Å². The molecule has 0 saturated carbocycles. The van der Waals surface area contributed by atoms with Gasteiger partial charge in [0, 0.05) is 26.2 Å². The van der Waals surface area contributed by atoms with E-state index < -0.39 is 0 Å². The molecule has 0 radical (unpaired) electrons. The first-order chi connectivity index (χ1) is 13.8. The average molecular weight is 393 g/mol. The summed E-state index contributed by atoms with van der Waals surface area (Å²) in [6, 6.07) is 15.3. The number of fused-ring (bicyclic) bond motifs is 1. The minimum atomic E-state index is 0.0130. The van der Waals surface area contributed by atoms with Crippen LogP contribution in [0.15, 0.2) is 47.3 Å². The predicted octanol–water partition coefficient (Wildman–Crippen LogP) is 4.38. The van der Waals surface area contributed by atoms with Gasteiger partial charge in [-0.3, -0.25) is 9.13 Å². The van der Waals surface area contributed by atoms with Crippen molar-refractivity contribution in [1.82, 2.24) is 14.1 Å². The van der Waals surface area contributed by atoms with E-state index in [0.717, 1.165) is 29.9 Å². The zero-order chi connectivity index (χ0) is 20.6. The fraction of sp³-hybridized carbons (Fsp3) is 0.500. The molecule has 4 rings (SSSR count). The summed E-state index contributed by atoms with van der Waals surface area (Å²) < 4.78 is 3.56. The molecule has 0 spiro atoms. The molecule has 1 aromatic carbocycles. The number of aromatic nitrogens is 3. The average Bonchev–Trinajstić information content (AvgIpc) is 2.92. The highest BCUT2D eigenvalue weighted by molar-refractivity contribution is 5.74. The molecule has 1 atom stereocenters. The molecule has 5 heteroatoms. The molecular formula is C24H32N4O. The Kier molecular flexibility index (Phi) is 5.24. The number of piperidine rings is 1. The Labute approximate surface area is 173 Å². The van der Waals surface area contributed by atoms with Gasteiger partial charge in [-0.1, -0.05) is 51.1 Å². The summed E-state index contributed by atoms with van der Waals surface area (Å²) in [4.78, 5) is 20.2. The summed E-state index contributed by atoms with van der Waals surface area (Å²) >= 11 is 0. The molecule has 3 aromatic rings. The van der Waals surface area contributed by atoms with Crippen LogP contribution < -0.4 is 10.6 Å². The molecule has 154 valence electrons. The van der Waals surface area contributed by atoms with Gasteiger partial charge in [-0.25, -0.2) is 9.78 Å². The molecular weight excluding hydrogens is 360 g/mol. The second kappa shape index (κ2) is 7.69. The predicted molar refractivity (Wildman–Crippen MR) is 120 cm³/mol. The Balaban J connectivity index is 1.69. The van der Waals surface area contributed by atoms with E-state index in [-0.39, 0.29) is 11.1 Å². The molecule has 29 heavy (non-hydrogen) atoms. The first kappa shape index (κ1) is 19.7. The SMILES string of the molecule is Cn1c(=O)n(CC(C)(C)C)c2ccc(N3CCCCC3Cc3ccccc3)nc21. The van der Waals surface area contributed by atoms with Crippen LogP contribution in [0.3, 0.4) is 0 Å². The lowest BCUT2D eigenvalue weighted by molar-refractivity contribution is 0.342. The smallest absolute Gasteiger partial charge is 0.330 e. The number of benzene rings is 1. The van der Waals surface area contributed by atoms with Gasteiger partial charge in [0.2, 0.25) is 0 Å². The van der Waals surface area contributed by atoms with E-state index >= 15 is 0 Å². The van der Waals surface area contributed by atoms with Gasteiger partial charge in [0.05, 0.1) is 5.52 Å². The summed E-state index contributed by atoms with van der Waals surface area (Å²) in [7, 11) is 1.83. The maximum Gasteiger partial charge on any atom is 0.330 e. The van der Waals surface area contributed by atoms with Gasteiger partial charge in [-0.05, 0) is 48.8 Å². The van der Waals surface area contributed by atoms with Crippen molar-refractivity contribution in [3.05, 3.63) is 58.5 Å². The van der Waals surface area contributed by atoms with Crippen molar-refractivity contribution in [2.75, 3.05) is 11.4 Å². The van der Waals surface area contributed by atoms with Crippen molar-refractivity contribution in [3.8, 4) is 0 Å². The third-order valence-electron chi connectivity index (χ3n) is 5.83. The summed E-state index contributed by atoms with van der Waals surface area (Å²) in [6.45, 7) is 8.17. The number of rotatable bonds is 4. The number of aryl methyl sites for hydroxylation is 1. The molecule has 3 heterocycles. The van der Waals surface area contributed by atoms with Crippen molar-refractivity contribution >= 4 is 17.0 Å². The Hall–Kier alpha value is -2.56. The minimum Gasteiger partial charge on any atom is -0.353 e. The summed E-state index contributed by atoms with van der Waals surface area (Å²) in [5.74, 6) is 0.988. The Morgan fingerprint density at radius 3 is 2.55 bits per heavy atom. The van der Waals surface area contributed by atoms with Crippen molar-refractivity contribution in [2.45, 2.75) is 59.0 Å². The van der Waals surface area contributed by atoms with E-state index in [1.54, 1.807) is 4.57 Å². The van der Waals surface area contributed by atoms with Gasteiger partial charge in [0.15, 0.2) is 5.65 Å². The number of imidazole rings is 1. The molecule has 0 N–H and O–H groups in total. The van der Waals surface area contributed by atoms with Crippen LogP contribution >= 0.6 is 0 Å². The van der Waals surface area contributed by atoms with Gasteiger partial charge in [-0.15, -0.1) is 0 Å². The van der Waals surface area contributed by atoms with Gasteiger partial charge in [0.1, 0.15) is 5.82 Å². The van der Waals surface area contributed by atoms with Crippen LogP contribution in [0, 0.1) is 5.41 Å². The Bertz CT molecular complexity index is 1040. The lowest BCUT2D eigenvalue weighted by Gasteiger charge is -2.37. The molecule has 0 amide bonds. The van der Waals surface area contributed by atoms with Gasteiger partial charge < -0.3 is 4.90 Å². The zero-order valence-corrected chi connectivity index (χ0v) is 18.1. The second-order valence-electron chi connectivity index (χ2n) is 9.53. The maximum atomic E-state index is 12.8. The fourth-order valence-corrected chi connectivity index (χ4v) is 4.45. The lowest BCUT2D eigenvalue weighted by atomic mass is 9.95. The normalized spacial score (nSPS) is 17.8. The van der Waals surface area contributed by atoms with Crippen LogP contribution in [0.5, 0.6) is 0 Å². The summed E-state index contributed by atoms with van der Waals surface area (Å²) in [6.07, 6.45) is 4.66. The topological polar surface area (TPSA) is 43.1 Å². The standard InChI is InChI=1S/C24H32N4O/c1-24(2,3)17-28-20-13-14-21(25-22(20)26(4)23(28)29)27-15-9-8-12-19(27)16-18-10-6-5-7-11-18/h5-7,10-11,13-14,19H,8-9,12,15-17H2,1-4H3. The number of nitrogens with zero attached hydrogens (tertiary/aromatic N) is 4. The first-order valence-electron chi connectivity index (χ1n) is 10.7. The molecule has 0 aliphatic carbocycles. The lowest BCUT2D eigenvalue weighted by Crippen LogP contribution is -2.41. The third kappa shape index (κ3) is 4.09. The highest BCUT2D eigenvalue weighted by Crippen LogP contribution is 2.28. The molecule has 0 bridgehead atoms. The monoisotopic (exact) mass is 392 g/mol. The molecule has 5 nitrogen and oxygen atoms in total. The van der Waals surface area contributed by atoms with E-state index in [4.69, 9.17) is 4.98 Å². The molecule has 2 aromatic heterocycles. The van der Waals surface area contributed by atoms with Gasteiger partial charge in [0.25, 0.3) is 0 Å². The molecule has 1 aliphatic rings. The van der Waals surface area contributed by atoms with E-state index in [9.17, 15) is 4.79 Å². The Morgan fingerprint density at radius 1 is 1.07 bits per heavy atom. The quantitative estimate of drug-likeness (QED) is 0.662. The van der Waals surface area contributed by atoms with Gasteiger partial charge in [-0.2, -0.15) is 0 Å². The maximum absolute atomic E-state index is 12.8. The number of hydrogen-bond donors (Lipinski definition) is 0. The largest absolute Gasteiger partial charge is 0.353 e. The minimum absolute atomic E-state index is 0.0130.